The molecule has 1 saturated heterocycles. The van der Waals surface area contributed by atoms with Crippen LogP contribution in [0.25, 0.3) is 11.0 Å². The number of hydrogen-bond donors (Lipinski definition) is 0. The number of nitrogens with zero attached hydrogens (tertiary/aromatic N) is 5. The van der Waals surface area contributed by atoms with Gasteiger partial charge in [-0.3, -0.25) is 14.8 Å². The van der Waals surface area contributed by atoms with Crippen LogP contribution in [0.4, 0.5) is 0 Å². The first-order chi connectivity index (χ1) is 13.2. The number of amides is 1. The van der Waals surface area contributed by atoms with Crippen LogP contribution < -0.4 is 4.74 Å². The standard InChI is InChI=1S/C20H21N5O2/c1-14-10-23-20(24-11-14)27-13-15-3-2-8-25(12-15)19(26)16-4-5-17-18(9-16)22-7-6-21-17/h4-7,9-11,15H,2-3,8,12-13H2,1H3. The first-order valence-corrected chi connectivity index (χ1v) is 9.10. The number of aryl methyl sites for hydroxylation is 1. The molecule has 1 amide bonds. The van der Waals surface area contributed by atoms with Crippen molar-refractivity contribution in [3.05, 3.63) is 54.1 Å². The molecule has 7 nitrogen and oxygen atoms in total. The molecule has 1 atom stereocenters. The summed E-state index contributed by atoms with van der Waals surface area (Å²) in [5.74, 6) is 0.298. The normalized spacial score (nSPS) is 17.1. The van der Waals surface area contributed by atoms with Gasteiger partial charge >= 0.3 is 6.01 Å². The summed E-state index contributed by atoms with van der Waals surface area (Å²) in [7, 11) is 0. The predicted molar refractivity (Wildman–Crippen MR) is 100 cm³/mol. The molecule has 2 aromatic heterocycles. The Morgan fingerprint density at radius 3 is 2.74 bits per heavy atom. The highest BCUT2D eigenvalue weighted by Gasteiger charge is 2.25. The number of aromatic nitrogens is 4. The number of carbonyl (C=O) groups is 1. The van der Waals surface area contributed by atoms with Crippen LogP contribution in [-0.2, 0) is 0 Å². The third kappa shape index (κ3) is 4.02. The fraction of sp³-hybridized carbons (Fsp3) is 0.350. The molecule has 0 aliphatic carbocycles. The third-order valence-electron chi connectivity index (χ3n) is 4.73. The average molecular weight is 363 g/mol. The lowest BCUT2D eigenvalue weighted by atomic mass is 9.98. The molecule has 0 bridgehead atoms. The molecule has 3 heterocycles. The van der Waals surface area contributed by atoms with Crippen molar-refractivity contribution < 1.29 is 9.53 Å². The van der Waals surface area contributed by atoms with Crippen molar-refractivity contribution in [3.8, 4) is 6.01 Å². The van der Waals surface area contributed by atoms with Crippen molar-refractivity contribution in [1.82, 2.24) is 24.8 Å². The maximum absolute atomic E-state index is 12.9. The maximum atomic E-state index is 12.9. The predicted octanol–water partition coefficient (Wildman–Crippen LogP) is 2.66. The maximum Gasteiger partial charge on any atom is 0.316 e. The van der Waals surface area contributed by atoms with Crippen LogP contribution in [0.3, 0.4) is 0 Å². The van der Waals surface area contributed by atoms with Gasteiger partial charge in [-0.2, -0.15) is 0 Å². The summed E-state index contributed by atoms with van der Waals surface area (Å²) >= 11 is 0. The molecule has 1 aromatic carbocycles. The molecule has 27 heavy (non-hydrogen) atoms. The summed E-state index contributed by atoms with van der Waals surface area (Å²) in [5.41, 5.74) is 3.16. The van der Waals surface area contributed by atoms with Crippen LogP contribution in [0.1, 0.15) is 28.8 Å². The van der Waals surface area contributed by atoms with Crippen molar-refractivity contribution in [2.45, 2.75) is 19.8 Å². The molecule has 7 heteroatoms. The second kappa shape index (κ2) is 7.65. The van der Waals surface area contributed by atoms with Gasteiger partial charge in [0.1, 0.15) is 0 Å². The summed E-state index contributed by atoms with van der Waals surface area (Å²) in [6.07, 6.45) is 8.75. The Labute approximate surface area is 157 Å². The monoisotopic (exact) mass is 363 g/mol. The average Bonchev–Trinajstić information content (AvgIpc) is 2.72. The number of ether oxygens (including phenoxy) is 1. The molecule has 0 spiro atoms. The Morgan fingerprint density at radius 2 is 1.93 bits per heavy atom. The quantitative estimate of drug-likeness (QED) is 0.709. The summed E-state index contributed by atoms with van der Waals surface area (Å²) in [6, 6.07) is 5.86. The van der Waals surface area contributed by atoms with E-state index in [2.05, 4.69) is 19.9 Å². The first kappa shape index (κ1) is 17.3. The minimum atomic E-state index is 0.0267. The van der Waals surface area contributed by atoms with E-state index in [0.29, 0.717) is 24.7 Å². The van der Waals surface area contributed by atoms with Crippen molar-refractivity contribution >= 4 is 16.9 Å². The second-order valence-electron chi connectivity index (χ2n) is 6.87. The van der Waals surface area contributed by atoms with Crippen LogP contribution in [0.15, 0.2) is 43.0 Å². The summed E-state index contributed by atoms with van der Waals surface area (Å²) in [6.45, 7) is 3.88. The van der Waals surface area contributed by atoms with Gasteiger partial charge < -0.3 is 9.64 Å². The highest BCUT2D eigenvalue weighted by Crippen LogP contribution is 2.20. The minimum absolute atomic E-state index is 0.0267. The van der Waals surface area contributed by atoms with Gasteiger partial charge in [-0.1, -0.05) is 0 Å². The molecule has 0 radical (unpaired) electrons. The van der Waals surface area contributed by atoms with Gasteiger partial charge in [-0.15, -0.1) is 0 Å². The van der Waals surface area contributed by atoms with Crippen molar-refractivity contribution in [2.75, 3.05) is 19.7 Å². The number of benzene rings is 1. The Bertz CT molecular complexity index is 945. The molecule has 3 aromatic rings. The van der Waals surface area contributed by atoms with Crippen molar-refractivity contribution in [1.29, 1.82) is 0 Å². The number of likely N-dealkylation sites (tertiary alicyclic amines) is 1. The van der Waals surface area contributed by atoms with Crippen LogP contribution in [0.5, 0.6) is 6.01 Å². The highest BCUT2D eigenvalue weighted by molar-refractivity contribution is 5.97. The van der Waals surface area contributed by atoms with Gasteiger partial charge in [-0.25, -0.2) is 9.97 Å². The molecule has 4 rings (SSSR count). The lowest BCUT2D eigenvalue weighted by Gasteiger charge is -2.32. The molecular weight excluding hydrogens is 342 g/mol. The topological polar surface area (TPSA) is 81.1 Å². The summed E-state index contributed by atoms with van der Waals surface area (Å²) < 4.78 is 5.71. The number of piperidine rings is 1. The molecule has 1 aliphatic heterocycles. The zero-order chi connectivity index (χ0) is 18.6. The Balaban J connectivity index is 1.40. The van der Waals surface area contributed by atoms with E-state index in [1.54, 1.807) is 24.8 Å². The zero-order valence-electron chi connectivity index (χ0n) is 15.2. The molecule has 1 unspecified atom stereocenters. The Morgan fingerprint density at radius 1 is 1.15 bits per heavy atom. The smallest absolute Gasteiger partial charge is 0.316 e. The molecule has 0 saturated carbocycles. The van der Waals surface area contributed by atoms with E-state index >= 15 is 0 Å². The summed E-state index contributed by atoms with van der Waals surface area (Å²) in [4.78, 5) is 31.7. The Hall–Kier alpha value is -3.09. The van der Waals surface area contributed by atoms with Crippen molar-refractivity contribution in [2.24, 2.45) is 5.92 Å². The van der Waals surface area contributed by atoms with E-state index in [9.17, 15) is 4.79 Å². The van der Waals surface area contributed by atoms with E-state index in [4.69, 9.17) is 4.74 Å². The molecule has 1 fully saturated rings. The van der Waals surface area contributed by atoms with E-state index < -0.39 is 0 Å². The van der Waals surface area contributed by atoms with Gasteiger partial charge in [0, 0.05) is 49.4 Å². The number of hydrogen-bond acceptors (Lipinski definition) is 6. The molecule has 138 valence electrons. The lowest BCUT2D eigenvalue weighted by molar-refractivity contribution is 0.0629. The molecule has 0 N–H and O–H groups in total. The Kier molecular flexibility index (Phi) is 4.91. The highest BCUT2D eigenvalue weighted by atomic mass is 16.5. The van der Waals surface area contributed by atoms with Crippen LogP contribution >= 0.6 is 0 Å². The van der Waals surface area contributed by atoms with Gasteiger partial charge in [0.05, 0.1) is 17.6 Å². The van der Waals surface area contributed by atoms with E-state index in [-0.39, 0.29) is 11.8 Å². The molecule has 1 aliphatic rings. The van der Waals surface area contributed by atoms with Gasteiger partial charge in [0.25, 0.3) is 5.91 Å². The third-order valence-corrected chi connectivity index (χ3v) is 4.73. The van der Waals surface area contributed by atoms with Crippen LogP contribution in [0, 0.1) is 12.8 Å². The minimum Gasteiger partial charge on any atom is -0.463 e. The number of carbonyl (C=O) groups excluding carboxylic acids is 1. The van der Waals surface area contributed by atoms with E-state index in [1.165, 1.54) is 0 Å². The van der Waals surface area contributed by atoms with E-state index in [0.717, 1.165) is 36.0 Å². The van der Waals surface area contributed by atoms with Gasteiger partial charge in [0.2, 0.25) is 0 Å². The zero-order valence-corrected chi connectivity index (χ0v) is 15.2. The van der Waals surface area contributed by atoms with Gasteiger partial charge in [-0.05, 0) is 43.5 Å². The number of rotatable bonds is 4. The fourth-order valence-corrected chi connectivity index (χ4v) is 3.31. The lowest BCUT2D eigenvalue weighted by Crippen LogP contribution is -2.41. The van der Waals surface area contributed by atoms with Crippen LogP contribution in [0.2, 0.25) is 0 Å². The SMILES string of the molecule is Cc1cnc(OCC2CCCN(C(=O)c3ccc4nccnc4c3)C2)nc1. The van der Waals surface area contributed by atoms with Gasteiger partial charge in [0.15, 0.2) is 0 Å². The second-order valence-corrected chi connectivity index (χ2v) is 6.87. The van der Waals surface area contributed by atoms with E-state index in [1.807, 2.05) is 30.0 Å². The molecular formula is C20H21N5O2. The fourth-order valence-electron chi connectivity index (χ4n) is 3.31. The van der Waals surface area contributed by atoms with Crippen molar-refractivity contribution in [3.63, 3.8) is 0 Å². The summed E-state index contributed by atoms with van der Waals surface area (Å²) in [5, 5.41) is 0. The van der Waals surface area contributed by atoms with Crippen LogP contribution in [-0.4, -0.2) is 50.4 Å². The number of fused-ring (bicyclic) bond motifs is 1. The first-order valence-electron chi connectivity index (χ1n) is 9.10. The largest absolute Gasteiger partial charge is 0.463 e.